The van der Waals surface area contributed by atoms with E-state index in [0.29, 0.717) is 34.3 Å². The molecule has 2 rings (SSSR count). The molecule has 0 saturated heterocycles. The first-order valence-electron chi connectivity index (χ1n) is 5.58. The van der Waals surface area contributed by atoms with Crippen molar-refractivity contribution >= 4 is 15.9 Å². The summed E-state index contributed by atoms with van der Waals surface area (Å²) >= 11 is 3.17. The lowest BCUT2D eigenvalue weighted by Crippen LogP contribution is -2.22. The molecular formula is C12H13BrFN3O. The van der Waals surface area contributed by atoms with Crippen LogP contribution in [0.3, 0.4) is 0 Å². The van der Waals surface area contributed by atoms with Crippen LogP contribution in [-0.2, 0) is 6.54 Å². The van der Waals surface area contributed by atoms with Gasteiger partial charge < -0.3 is 9.84 Å². The SMILES string of the molecule is CC(C)NCc1noc(-c2cccc(F)c2Br)n1. The molecule has 0 saturated carbocycles. The Hall–Kier alpha value is -1.27. The third kappa shape index (κ3) is 2.94. The number of nitrogens with one attached hydrogen (secondary N) is 1. The molecule has 0 fully saturated rings. The molecule has 18 heavy (non-hydrogen) atoms. The molecule has 96 valence electrons. The third-order valence-electron chi connectivity index (χ3n) is 2.32. The maximum absolute atomic E-state index is 13.4. The van der Waals surface area contributed by atoms with E-state index in [4.69, 9.17) is 4.52 Å². The van der Waals surface area contributed by atoms with Crippen LogP contribution >= 0.6 is 15.9 Å². The molecule has 0 aliphatic rings. The van der Waals surface area contributed by atoms with Crippen molar-refractivity contribution in [3.63, 3.8) is 0 Å². The minimum Gasteiger partial charge on any atom is -0.334 e. The van der Waals surface area contributed by atoms with E-state index in [9.17, 15) is 4.39 Å². The molecule has 1 N–H and O–H groups in total. The largest absolute Gasteiger partial charge is 0.334 e. The molecule has 1 heterocycles. The Kier molecular flexibility index (Phi) is 4.08. The molecule has 4 nitrogen and oxygen atoms in total. The van der Waals surface area contributed by atoms with E-state index in [1.165, 1.54) is 6.07 Å². The lowest BCUT2D eigenvalue weighted by molar-refractivity contribution is 0.416. The number of hydrogen-bond donors (Lipinski definition) is 1. The van der Waals surface area contributed by atoms with Crippen molar-refractivity contribution < 1.29 is 8.91 Å². The van der Waals surface area contributed by atoms with Gasteiger partial charge in [-0.1, -0.05) is 25.1 Å². The van der Waals surface area contributed by atoms with Gasteiger partial charge in [0.2, 0.25) is 0 Å². The topological polar surface area (TPSA) is 51.0 Å². The zero-order valence-corrected chi connectivity index (χ0v) is 11.7. The maximum atomic E-state index is 13.4. The van der Waals surface area contributed by atoms with Crippen LogP contribution in [0.4, 0.5) is 4.39 Å². The molecular weight excluding hydrogens is 301 g/mol. The van der Waals surface area contributed by atoms with Crippen molar-refractivity contribution in [2.24, 2.45) is 0 Å². The Morgan fingerprint density at radius 2 is 2.22 bits per heavy atom. The first-order valence-corrected chi connectivity index (χ1v) is 6.37. The molecule has 0 spiro atoms. The Morgan fingerprint density at radius 3 is 2.94 bits per heavy atom. The van der Waals surface area contributed by atoms with E-state index >= 15 is 0 Å². The fourth-order valence-corrected chi connectivity index (χ4v) is 1.83. The van der Waals surface area contributed by atoms with E-state index in [-0.39, 0.29) is 5.82 Å². The van der Waals surface area contributed by atoms with Crippen molar-refractivity contribution in [2.45, 2.75) is 26.4 Å². The predicted octanol–water partition coefficient (Wildman–Crippen LogP) is 3.14. The molecule has 0 radical (unpaired) electrons. The molecule has 0 unspecified atom stereocenters. The Morgan fingerprint density at radius 1 is 1.44 bits per heavy atom. The quantitative estimate of drug-likeness (QED) is 0.942. The standard InChI is InChI=1S/C12H13BrFN3O/c1-7(2)15-6-10-16-12(18-17-10)8-4-3-5-9(14)11(8)13/h3-5,7,15H,6H2,1-2H3. The Labute approximate surface area is 113 Å². The molecule has 1 aromatic carbocycles. The molecule has 0 atom stereocenters. The number of benzene rings is 1. The zero-order valence-electron chi connectivity index (χ0n) is 10.1. The lowest BCUT2D eigenvalue weighted by Gasteiger charge is -2.03. The molecule has 0 aliphatic carbocycles. The van der Waals surface area contributed by atoms with Gasteiger partial charge in [-0.05, 0) is 28.1 Å². The zero-order chi connectivity index (χ0) is 13.1. The second kappa shape index (κ2) is 5.58. The van der Waals surface area contributed by atoms with Crippen molar-refractivity contribution in [1.82, 2.24) is 15.5 Å². The third-order valence-corrected chi connectivity index (χ3v) is 3.12. The highest BCUT2D eigenvalue weighted by molar-refractivity contribution is 9.10. The van der Waals surface area contributed by atoms with Crippen LogP contribution in [0.5, 0.6) is 0 Å². The number of hydrogen-bond acceptors (Lipinski definition) is 4. The summed E-state index contributed by atoms with van der Waals surface area (Å²) in [6, 6.07) is 5.03. The van der Waals surface area contributed by atoms with E-state index < -0.39 is 0 Å². The molecule has 2 aromatic rings. The van der Waals surface area contributed by atoms with Gasteiger partial charge in [0, 0.05) is 6.04 Å². The first-order chi connectivity index (χ1) is 8.58. The van der Waals surface area contributed by atoms with E-state index in [1.54, 1.807) is 12.1 Å². The summed E-state index contributed by atoms with van der Waals surface area (Å²) in [4.78, 5) is 4.22. The van der Waals surface area contributed by atoms with Crippen molar-refractivity contribution in [3.8, 4) is 11.5 Å². The van der Waals surface area contributed by atoms with Crippen LogP contribution < -0.4 is 5.32 Å². The van der Waals surface area contributed by atoms with Gasteiger partial charge in [0.25, 0.3) is 5.89 Å². The van der Waals surface area contributed by atoms with Crippen LogP contribution in [0.15, 0.2) is 27.2 Å². The number of halogens is 2. The summed E-state index contributed by atoms with van der Waals surface area (Å²) in [6.07, 6.45) is 0. The average molecular weight is 314 g/mol. The van der Waals surface area contributed by atoms with Crippen molar-refractivity contribution in [3.05, 3.63) is 34.3 Å². The second-order valence-corrected chi connectivity index (χ2v) is 4.95. The monoisotopic (exact) mass is 313 g/mol. The highest BCUT2D eigenvalue weighted by Gasteiger charge is 2.14. The van der Waals surface area contributed by atoms with Crippen LogP contribution in [0.2, 0.25) is 0 Å². The van der Waals surface area contributed by atoms with Crippen LogP contribution in [0.1, 0.15) is 19.7 Å². The second-order valence-electron chi connectivity index (χ2n) is 4.15. The van der Waals surface area contributed by atoms with Gasteiger partial charge >= 0.3 is 0 Å². The van der Waals surface area contributed by atoms with E-state index in [2.05, 4.69) is 31.4 Å². The molecule has 0 aliphatic heterocycles. The molecule has 0 amide bonds. The van der Waals surface area contributed by atoms with Crippen LogP contribution in [0.25, 0.3) is 11.5 Å². The van der Waals surface area contributed by atoms with E-state index in [0.717, 1.165) is 0 Å². The highest BCUT2D eigenvalue weighted by Crippen LogP contribution is 2.28. The van der Waals surface area contributed by atoms with Gasteiger partial charge in [-0.15, -0.1) is 0 Å². The van der Waals surface area contributed by atoms with Crippen LogP contribution in [0, 0.1) is 5.82 Å². The molecule has 0 bridgehead atoms. The smallest absolute Gasteiger partial charge is 0.259 e. The minimum absolute atomic E-state index is 0.307. The van der Waals surface area contributed by atoms with Gasteiger partial charge in [0.1, 0.15) is 5.82 Å². The lowest BCUT2D eigenvalue weighted by atomic mass is 10.2. The van der Waals surface area contributed by atoms with Gasteiger partial charge in [-0.3, -0.25) is 0 Å². The number of rotatable bonds is 4. The summed E-state index contributed by atoms with van der Waals surface area (Å²) in [7, 11) is 0. The van der Waals surface area contributed by atoms with Crippen molar-refractivity contribution in [1.29, 1.82) is 0 Å². The van der Waals surface area contributed by atoms with Gasteiger partial charge in [-0.2, -0.15) is 4.98 Å². The Bertz CT molecular complexity index is 542. The summed E-state index contributed by atoms with van der Waals surface area (Å²) < 4.78 is 18.8. The van der Waals surface area contributed by atoms with Gasteiger partial charge in [0.05, 0.1) is 16.6 Å². The maximum Gasteiger partial charge on any atom is 0.259 e. The fourth-order valence-electron chi connectivity index (χ4n) is 1.40. The fraction of sp³-hybridized carbons (Fsp3) is 0.333. The minimum atomic E-state index is -0.354. The van der Waals surface area contributed by atoms with Gasteiger partial charge in [0.15, 0.2) is 5.82 Å². The predicted molar refractivity (Wildman–Crippen MR) is 69.4 cm³/mol. The average Bonchev–Trinajstić information content (AvgIpc) is 2.78. The summed E-state index contributed by atoms with van der Waals surface area (Å²) in [6.45, 7) is 4.59. The molecule has 1 aromatic heterocycles. The van der Waals surface area contributed by atoms with Crippen molar-refractivity contribution in [2.75, 3.05) is 0 Å². The van der Waals surface area contributed by atoms with E-state index in [1.807, 2.05) is 13.8 Å². The van der Waals surface area contributed by atoms with Crippen LogP contribution in [-0.4, -0.2) is 16.2 Å². The Balaban J connectivity index is 2.21. The normalized spacial score (nSPS) is 11.2. The summed E-state index contributed by atoms with van der Waals surface area (Å²) in [5.74, 6) is 0.504. The molecule has 6 heteroatoms. The number of nitrogens with zero attached hydrogens (tertiary/aromatic N) is 2. The first kappa shape index (κ1) is 13.2. The summed E-state index contributed by atoms with van der Waals surface area (Å²) in [5.41, 5.74) is 0.554. The number of aromatic nitrogens is 2. The summed E-state index contributed by atoms with van der Waals surface area (Å²) in [5, 5.41) is 7.03. The van der Waals surface area contributed by atoms with Gasteiger partial charge in [-0.25, -0.2) is 4.39 Å². The highest BCUT2D eigenvalue weighted by atomic mass is 79.9.